The van der Waals surface area contributed by atoms with Gasteiger partial charge >= 0.3 is 5.69 Å². The molecular formula is C12H9N5O2. The number of nitrogens with one attached hydrogen (secondary N) is 1. The van der Waals surface area contributed by atoms with Gasteiger partial charge in [-0.25, -0.2) is 4.98 Å². The summed E-state index contributed by atoms with van der Waals surface area (Å²) in [6, 6.07) is 11.3. The van der Waals surface area contributed by atoms with Crippen LogP contribution in [0.5, 0.6) is 0 Å². The SMILES string of the molecule is N#Cc1nc(Nc2cccc(N)c2)ccc1[N+](=O)[O-]. The zero-order valence-corrected chi connectivity index (χ0v) is 9.70. The lowest BCUT2D eigenvalue weighted by Crippen LogP contribution is -1.99. The Morgan fingerprint density at radius 1 is 1.37 bits per heavy atom. The highest BCUT2D eigenvalue weighted by atomic mass is 16.6. The maximum atomic E-state index is 10.7. The van der Waals surface area contributed by atoms with Gasteiger partial charge < -0.3 is 11.1 Å². The minimum atomic E-state index is -0.643. The molecule has 0 bridgehead atoms. The number of nitrogens with zero attached hydrogens (tertiary/aromatic N) is 3. The Morgan fingerprint density at radius 2 is 2.16 bits per heavy atom. The van der Waals surface area contributed by atoms with Gasteiger partial charge in [-0.15, -0.1) is 0 Å². The van der Waals surface area contributed by atoms with Crippen molar-refractivity contribution in [2.75, 3.05) is 11.1 Å². The number of hydrogen-bond donors (Lipinski definition) is 2. The number of rotatable bonds is 3. The minimum absolute atomic E-state index is 0.237. The molecule has 1 aromatic heterocycles. The van der Waals surface area contributed by atoms with Crippen LogP contribution in [-0.4, -0.2) is 9.91 Å². The molecule has 94 valence electrons. The predicted octanol–water partition coefficient (Wildman–Crippen LogP) is 2.19. The van der Waals surface area contributed by atoms with E-state index in [2.05, 4.69) is 10.3 Å². The van der Waals surface area contributed by atoms with Gasteiger partial charge in [-0.05, 0) is 24.3 Å². The highest BCUT2D eigenvalue weighted by molar-refractivity contribution is 5.62. The maximum Gasteiger partial charge on any atom is 0.305 e. The Morgan fingerprint density at radius 3 is 2.79 bits per heavy atom. The van der Waals surface area contributed by atoms with E-state index in [0.29, 0.717) is 17.2 Å². The lowest BCUT2D eigenvalue weighted by molar-refractivity contribution is -0.385. The van der Waals surface area contributed by atoms with Crippen LogP contribution in [0.15, 0.2) is 36.4 Å². The second-order valence-electron chi connectivity index (χ2n) is 3.68. The van der Waals surface area contributed by atoms with Crippen molar-refractivity contribution in [2.45, 2.75) is 0 Å². The molecule has 0 atom stereocenters. The summed E-state index contributed by atoms with van der Waals surface area (Å²) >= 11 is 0. The molecule has 0 saturated carbocycles. The number of aromatic nitrogens is 1. The standard InChI is InChI=1S/C12H9N5O2/c13-7-10-11(17(18)19)4-5-12(16-10)15-9-3-1-2-8(14)6-9/h1-6H,14H2,(H,15,16). The third kappa shape index (κ3) is 2.76. The van der Waals surface area contributed by atoms with E-state index < -0.39 is 4.92 Å². The Hall–Kier alpha value is -3.14. The molecule has 2 aromatic rings. The largest absolute Gasteiger partial charge is 0.399 e. The summed E-state index contributed by atoms with van der Waals surface area (Å²) in [5, 5.41) is 22.4. The first kappa shape index (κ1) is 12.3. The summed E-state index contributed by atoms with van der Waals surface area (Å²) in [5.74, 6) is 0.341. The molecule has 0 fully saturated rings. The van der Waals surface area contributed by atoms with E-state index in [4.69, 9.17) is 11.0 Å². The fraction of sp³-hybridized carbons (Fsp3) is 0. The van der Waals surface area contributed by atoms with Crippen LogP contribution in [-0.2, 0) is 0 Å². The molecule has 0 aliphatic rings. The molecule has 2 rings (SSSR count). The number of nitrogen functional groups attached to an aromatic ring is 1. The van der Waals surface area contributed by atoms with E-state index in [-0.39, 0.29) is 11.4 Å². The van der Waals surface area contributed by atoms with Gasteiger partial charge in [0.2, 0.25) is 5.69 Å². The Balaban J connectivity index is 2.32. The van der Waals surface area contributed by atoms with E-state index in [0.717, 1.165) is 0 Å². The number of nitro groups is 1. The first-order chi connectivity index (χ1) is 9.10. The molecule has 0 unspecified atom stereocenters. The molecule has 7 heteroatoms. The summed E-state index contributed by atoms with van der Waals surface area (Å²) in [5.41, 5.74) is 6.34. The van der Waals surface area contributed by atoms with Crippen LogP contribution in [0, 0.1) is 21.4 Å². The number of benzene rings is 1. The van der Waals surface area contributed by atoms with Crippen molar-refractivity contribution in [3.05, 3.63) is 52.2 Å². The molecule has 0 saturated heterocycles. The molecule has 1 aromatic carbocycles. The highest BCUT2D eigenvalue weighted by Crippen LogP contribution is 2.21. The summed E-state index contributed by atoms with van der Waals surface area (Å²) in [4.78, 5) is 13.9. The van der Waals surface area contributed by atoms with Crippen LogP contribution in [0.4, 0.5) is 22.9 Å². The van der Waals surface area contributed by atoms with Gasteiger partial charge in [-0.2, -0.15) is 5.26 Å². The summed E-state index contributed by atoms with van der Waals surface area (Å²) in [6.45, 7) is 0. The van der Waals surface area contributed by atoms with Crippen LogP contribution in [0.25, 0.3) is 0 Å². The van der Waals surface area contributed by atoms with Gasteiger partial charge in [0.1, 0.15) is 11.9 Å². The third-order valence-electron chi connectivity index (χ3n) is 2.34. The van der Waals surface area contributed by atoms with Crippen LogP contribution in [0.3, 0.4) is 0 Å². The number of hydrogen-bond acceptors (Lipinski definition) is 6. The first-order valence-electron chi connectivity index (χ1n) is 5.28. The average molecular weight is 255 g/mol. The molecule has 0 spiro atoms. The van der Waals surface area contributed by atoms with Gasteiger partial charge in [0.15, 0.2) is 0 Å². The molecule has 3 N–H and O–H groups in total. The molecule has 7 nitrogen and oxygen atoms in total. The van der Waals surface area contributed by atoms with E-state index >= 15 is 0 Å². The Bertz CT molecular complexity index is 678. The van der Waals surface area contributed by atoms with Crippen LogP contribution in [0.2, 0.25) is 0 Å². The van der Waals surface area contributed by atoms with Crippen LogP contribution >= 0.6 is 0 Å². The van der Waals surface area contributed by atoms with Crippen molar-refractivity contribution in [2.24, 2.45) is 0 Å². The average Bonchev–Trinajstić information content (AvgIpc) is 2.38. The maximum absolute atomic E-state index is 10.7. The second kappa shape index (κ2) is 5.01. The number of nitriles is 1. The van der Waals surface area contributed by atoms with Gasteiger partial charge in [0, 0.05) is 17.4 Å². The minimum Gasteiger partial charge on any atom is -0.399 e. The van der Waals surface area contributed by atoms with Crippen LogP contribution in [0.1, 0.15) is 5.69 Å². The zero-order valence-electron chi connectivity index (χ0n) is 9.70. The van der Waals surface area contributed by atoms with E-state index in [1.807, 2.05) is 0 Å². The first-order valence-corrected chi connectivity index (χ1v) is 5.28. The van der Waals surface area contributed by atoms with Crippen molar-refractivity contribution < 1.29 is 4.92 Å². The van der Waals surface area contributed by atoms with Gasteiger partial charge in [-0.1, -0.05) is 6.07 Å². The summed E-state index contributed by atoms with van der Waals surface area (Å²) in [7, 11) is 0. The van der Waals surface area contributed by atoms with Gasteiger partial charge in [0.25, 0.3) is 0 Å². The number of anilines is 3. The molecule has 1 heterocycles. The Labute approximate surface area is 108 Å². The van der Waals surface area contributed by atoms with Crippen molar-refractivity contribution in [1.82, 2.24) is 4.98 Å². The fourth-order valence-corrected chi connectivity index (χ4v) is 1.52. The summed E-state index contributed by atoms with van der Waals surface area (Å²) in [6.07, 6.45) is 0. The number of nitrogens with two attached hydrogens (primary N) is 1. The summed E-state index contributed by atoms with van der Waals surface area (Å²) < 4.78 is 0. The molecule has 0 aliphatic heterocycles. The van der Waals surface area contributed by atoms with Crippen LogP contribution < -0.4 is 11.1 Å². The normalized spacial score (nSPS) is 9.63. The zero-order chi connectivity index (χ0) is 13.8. The second-order valence-corrected chi connectivity index (χ2v) is 3.68. The quantitative estimate of drug-likeness (QED) is 0.493. The predicted molar refractivity (Wildman–Crippen MR) is 69.7 cm³/mol. The number of pyridine rings is 1. The Kier molecular flexibility index (Phi) is 3.25. The van der Waals surface area contributed by atoms with Gasteiger partial charge in [0.05, 0.1) is 4.92 Å². The van der Waals surface area contributed by atoms with Gasteiger partial charge in [-0.3, -0.25) is 10.1 Å². The van der Waals surface area contributed by atoms with E-state index in [1.54, 1.807) is 30.3 Å². The lowest BCUT2D eigenvalue weighted by Gasteiger charge is -2.06. The molecule has 19 heavy (non-hydrogen) atoms. The third-order valence-corrected chi connectivity index (χ3v) is 2.34. The van der Waals surface area contributed by atoms with Crippen molar-refractivity contribution in [1.29, 1.82) is 5.26 Å². The van der Waals surface area contributed by atoms with Crippen molar-refractivity contribution in [3.63, 3.8) is 0 Å². The molecule has 0 aliphatic carbocycles. The van der Waals surface area contributed by atoms with Crippen molar-refractivity contribution in [3.8, 4) is 6.07 Å². The lowest BCUT2D eigenvalue weighted by atomic mass is 10.2. The molecule has 0 amide bonds. The highest BCUT2D eigenvalue weighted by Gasteiger charge is 2.15. The smallest absolute Gasteiger partial charge is 0.305 e. The topological polar surface area (TPSA) is 118 Å². The van der Waals surface area contributed by atoms with E-state index in [9.17, 15) is 10.1 Å². The molecular weight excluding hydrogens is 246 g/mol. The molecule has 0 radical (unpaired) electrons. The fourth-order valence-electron chi connectivity index (χ4n) is 1.52. The van der Waals surface area contributed by atoms with Crippen molar-refractivity contribution >= 4 is 22.9 Å². The van der Waals surface area contributed by atoms with E-state index in [1.165, 1.54) is 12.1 Å². The monoisotopic (exact) mass is 255 g/mol.